The van der Waals surface area contributed by atoms with E-state index < -0.39 is 11.9 Å². The molecule has 0 atom stereocenters. The van der Waals surface area contributed by atoms with Gasteiger partial charge in [0, 0.05) is 12.5 Å². The fourth-order valence-corrected chi connectivity index (χ4v) is 2.01. The standard InChI is InChI=1S/C14H17F3N2O2/c1-2-3-7-13(20)19-8-10(9-19)21-12-6-4-5-11(18-12)14(15,16)17/h4-6,10H,2-3,7-9H2,1H3. The summed E-state index contributed by atoms with van der Waals surface area (Å²) >= 11 is 0. The predicted octanol–water partition coefficient (Wildman–Crippen LogP) is 2.88. The SMILES string of the molecule is CCCCC(=O)N1CC(Oc2cccc(C(F)(F)F)n2)C1. The number of alkyl halides is 3. The maximum absolute atomic E-state index is 12.5. The summed E-state index contributed by atoms with van der Waals surface area (Å²) in [5.74, 6) is 0.00387. The quantitative estimate of drug-likeness (QED) is 0.840. The van der Waals surface area contributed by atoms with Gasteiger partial charge in [-0.15, -0.1) is 0 Å². The second-order valence-corrected chi connectivity index (χ2v) is 5.00. The molecule has 0 spiro atoms. The van der Waals surface area contributed by atoms with Crippen LogP contribution in [0.5, 0.6) is 5.88 Å². The normalized spacial score (nSPS) is 15.7. The van der Waals surface area contributed by atoms with Gasteiger partial charge in [0.1, 0.15) is 11.8 Å². The van der Waals surface area contributed by atoms with Crippen LogP contribution in [-0.4, -0.2) is 35.0 Å². The molecule has 1 aliphatic heterocycles. The van der Waals surface area contributed by atoms with Crippen LogP contribution in [0.4, 0.5) is 13.2 Å². The molecule has 0 aliphatic carbocycles. The van der Waals surface area contributed by atoms with E-state index in [0.29, 0.717) is 19.5 Å². The van der Waals surface area contributed by atoms with Crippen molar-refractivity contribution in [3.05, 3.63) is 23.9 Å². The molecule has 1 aromatic rings. The van der Waals surface area contributed by atoms with Gasteiger partial charge in [-0.25, -0.2) is 4.98 Å². The molecule has 4 nitrogen and oxygen atoms in total. The van der Waals surface area contributed by atoms with Crippen LogP contribution in [0.25, 0.3) is 0 Å². The summed E-state index contributed by atoms with van der Waals surface area (Å²) in [4.78, 5) is 16.8. The lowest BCUT2D eigenvalue weighted by molar-refractivity contribution is -0.142. The zero-order valence-electron chi connectivity index (χ0n) is 11.7. The molecule has 1 aliphatic rings. The molecule has 7 heteroatoms. The monoisotopic (exact) mass is 302 g/mol. The molecule has 0 aromatic carbocycles. The Hall–Kier alpha value is -1.79. The smallest absolute Gasteiger partial charge is 0.433 e. The third kappa shape index (κ3) is 4.09. The molecule has 0 bridgehead atoms. The fraction of sp³-hybridized carbons (Fsp3) is 0.571. The molecular weight excluding hydrogens is 285 g/mol. The lowest BCUT2D eigenvalue weighted by Crippen LogP contribution is -2.56. The van der Waals surface area contributed by atoms with Crippen LogP contribution in [0.2, 0.25) is 0 Å². The highest BCUT2D eigenvalue weighted by molar-refractivity contribution is 5.77. The van der Waals surface area contributed by atoms with Crippen molar-refractivity contribution in [1.29, 1.82) is 0 Å². The topological polar surface area (TPSA) is 42.4 Å². The first-order chi connectivity index (χ1) is 9.90. The number of likely N-dealkylation sites (tertiary alicyclic amines) is 1. The van der Waals surface area contributed by atoms with Crippen molar-refractivity contribution in [3.63, 3.8) is 0 Å². The van der Waals surface area contributed by atoms with Gasteiger partial charge in [0.05, 0.1) is 13.1 Å². The number of halogens is 3. The van der Waals surface area contributed by atoms with E-state index in [1.165, 1.54) is 12.1 Å². The number of rotatable bonds is 5. The van der Waals surface area contributed by atoms with Gasteiger partial charge in [-0.2, -0.15) is 13.2 Å². The van der Waals surface area contributed by atoms with Gasteiger partial charge >= 0.3 is 6.18 Å². The van der Waals surface area contributed by atoms with Crippen molar-refractivity contribution in [2.24, 2.45) is 0 Å². The molecule has 0 N–H and O–H groups in total. The summed E-state index contributed by atoms with van der Waals surface area (Å²) in [7, 11) is 0. The summed E-state index contributed by atoms with van der Waals surface area (Å²) < 4.78 is 42.9. The summed E-state index contributed by atoms with van der Waals surface area (Å²) in [6.45, 7) is 2.82. The molecule has 21 heavy (non-hydrogen) atoms. The molecule has 2 rings (SSSR count). The molecular formula is C14H17F3N2O2. The summed E-state index contributed by atoms with van der Waals surface area (Å²) in [5.41, 5.74) is -0.977. The van der Waals surface area contributed by atoms with Crippen molar-refractivity contribution in [2.45, 2.75) is 38.5 Å². The second kappa shape index (κ2) is 6.32. The Bertz CT molecular complexity index is 499. The van der Waals surface area contributed by atoms with Crippen molar-refractivity contribution in [1.82, 2.24) is 9.88 Å². The van der Waals surface area contributed by atoms with Gasteiger partial charge < -0.3 is 9.64 Å². The molecule has 0 saturated carbocycles. The first kappa shape index (κ1) is 15.6. The van der Waals surface area contributed by atoms with E-state index in [2.05, 4.69) is 4.98 Å². The van der Waals surface area contributed by atoms with E-state index in [1.54, 1.807) is 4.90 Å². The second-order valence-electron chi connectivity index (χ2n) is 5.00. The van der Waals surface area contributed by atoms with Crippen molar-refractivity contribution < 1.29 is 22.7 Å². The number of unbranched alkanes of at least 4 members (excludes halogenated alkanes) is 1. The van der Waals surface area contributed by atoms with Crippen molar-refractivity contribution in [3.8, 4) is 5.88 Å². The average Bonchev–Trinajstić information content (AvgIpc) is 2.39. The number of carbonyl (C=O) groups excluding carboxylic acids is 1. The first-order valence-corrected chi connectivity index (χ1v) is 6.89. The first-order valence-electron chi connectivity index (χ1n) is 6.89. The Morgan fingerprint density at radius 1 is 1.43 bits per heavy atom. The molecule has 1 fully saturated rings. The van der Waals surface area contributed by atoms with Gasteiger partial charge in [0.2, 0.25) is 11.8 Å². The molecule has 1 amide bonds. The molecule has 0 unspecified atom stereocenters. The van der Waals surface area contributed by atoms with Crippen LogP contribution >= 0.6 is 0 Å². The Labute approximate surface area is 120 Å². The number of aromatic nitrogens is 1. The number of ether oxygens (including phenoxy) is 1. The Morgan fingerprint density at radius 3 is 2.76 bits per heavy atom. The molecule has 1 aromatic heterocycles. The van der Waals surface area contributed by atoms with Gasteiger partial charge in [-0.05, 0) is 12.5 Å². The van der Waals surface area contributed by atoms with Gasteiger partial charge in [0.25, 0.3) is 0 Å². The van der Waals surface area contributed by atoms with Crippen LogP contribution in [-0.2, 0) is 11.0 Å². The minimum Gasteiger partial charge on any atom is -0.471 e. The number of pyridine rings is 1. The minimum absolute atomic E-state index is 0.0597. The van der Waals surface area contributed by atoms with E-state index in [4.69, 9.17) is 4.74 Å². The summed E-state index contributed by atoms with van der Waals surface area (Å²) in [6, 6.07) is 3.54. The Balaban J connectivity index is 1.84. The van der Waals surface area contributed by atoms with Crippen LogP contribution in [0.1, 0.15) is 31.9 Å². The molecule has 0 radical (unpaired) electrons. The lowest BCUT2D eigenvalue weighted by Gasteiger charge is -2.38. The minimum atomic E-state index is -4.48. The highest BCUT2D eigenvalue weighted by atomic mass is 19.4. The Morgan fingerprint density at radius 2 is 2.14 bits per heavy atom. The van der Waals surface area contributed by atoms with Crippen LogP contribution < -0.4 is 4.74 Å². The largest absolute Gasteiger partial charge is 0.471 e. The summed E-state index contributed by atoms with van der Waals surface area (Å²) in [5, 5.41) is 0. The third-order valence-corrected chi connectivity index (χ3v) is 3.25. The summed E-state index contributed by atoms with van der Waals surface area (Å²) in [6.07, 6.45) is -2.47. The number of carbonyl (C=O) groups is 1. The highest BCUT2D eigenvalue weighted by Crippen LogP contribution is 2.29. The number of amides is 1. The molecule has 1 saturated heterocycles. The molecule has 2 heterocycles. The van der Waals surface area contributed by atoms with Gasteiger partial charge in [-0.1, -0.05) is 19.4 Å². The van der Waals surface area contributed by atoms with E-state index in [1.807, 2.05) is 6.92 Å². The van der Waals surface area contributed by atoms with Gasteiger partial charge in [0.15, 0.2) is 0 Å². The number of nitrogens with zero attached hydrogens (tertiary/aromatic N) is 2. The maximum Gasteiger partial charge on any atom is 0.433 e. The molecule has 116 valence electrons. The van der Waals surface area contributed by atoms with Crippen LogP contribution in [0, 0.1) is 0 Å². The van der Waals surface area contributed by atoms with Gasteiger partial charge in [-0.3, -0.25) is 4.79 Å². The predicted molar refractivity (Wildman–Crippen MR) is 69.8 cm³/mol. The van der Waals surface area contributed by atoms with E-state index in [9.17, 15) is 18.0 Å². The number of hydrogen-bond donors (Lipinski definition) is 0. The van der Waals surface area contributed by atoms with E-state index in [-0.39, 0.29) is 17.9 Å². The van der Waals surface area contributed by atoms with Crippen molar-refractivity contribution in [2.75, 3.05) is 13.1 Å². The number of hydrogen-bond acceptors (Lipinski definition) is 3. The van der Waals surface area contributed by atoms with Crippen LogP contribution in [0.15, 0.2) is 18.2 Å². The maximum atomic E-state index is 12.5. The van der Waals surface area contributed by atoms with E-state index >= 15 is 0 Å². The lowest BCUT2D eigenvalue weighted by atomic mass is 10.1. The zero-order valence-corrected chi connectivity index (χ0v) is 11.7. The average molecular weight is 302 g/mol. The van der Waals surface area contributed by atoms with E-state index in [0.717, 1.165) is 18.9 Å². The zero-order chi connectivity index (χ0) is 15.5. The van der Waals surface area contributed by atoms with Crippen molar-refractivity contribution >= 4 is 5.91 Å². The highest BCUT2D eigenvalue weighted by Gasteiger charge is 2.34. The fourth-order valence-electron chi connectivity index (χ4n) is 2.01. The Kier molecular flexibility index (Phi) is 4.69. The third-order valence-electron chi connectivity index (χ3n) is 3.25. The van der Waals surface area contributed by atoms with Crippen LogP contribution in [0.3, 0.4) is 0 Å².